The molecule has 244 valence electrons. The molecule has 0 radical (unpaired) electrons. The van der Waals surface area contributed by atoms with Crippen molar-refractivity contribution in [3.05, 3.63) is 106 Å². The van der Waals surface area contributed by atoms with Gasteiger partial charge in [-0.2, -0.15) is 5.10 Å². The molecule has 8 rings (SSSR count). The van der Waals surface area contributed by atoms with Crippen LogP contribution in [0, 0.1) is 0 Å². The molecular formula is C35H35N9O4. The summed E-state index contributed by atoms with van der Waals surface area (Å²) in [6.45, 7) is 6.31. The fourth-order valence-electron chi connectivity index (χ4n) is 6.81. The van der Waals surface area contributed by atoms with Gasteiger partial charge in [-0.15, -0.1) is 0 Å². The molecule has 7 heterocycles. The van der Waals surface area contributed by atoms with Crippen molar-refractivity contribution in [2.24, 2.45) is 7.05 Å². The fourth-order valence-corrected chi connectivity index (χ4v) is 6.81. The molecule has 2 fully saturated rings. The Morgan fingerprint density at radius 1 is 0.979 bits per heavy atom. The van der Waals surface area contributed by atoms with Gasteiger partial charge in [0.2, 0.25) is 0 Å². The maximum Gasteiger partial charge on any atom is 0.290 e. The summed E-state index contributed by atoms with van der Waals surface area (Å²) in [6.07, 6.45) is 6.85. The second-order valence-corrected chi connectivity index (χ2v) is 12.4. The van der Waals surface area contributed by atoms with E-state index in [0.29, 0.717) is 40.2 Å². The van der Waals surface area contributed by atoms with Crippen molar-refractivity contribution in [2.75, 3.05) is 43.1 Å². The number of aromatic nitrogens is 6. The summed E-state index contributed by atoms with van der Waals surface area (Å²) in [5.41, 5.74) is 3.46. The zero-order valence-corrected chi connectivity index (χ0v) is 26.7. The van der Waals surface area contributed by atoms with E-state index in [9.17, 15) is 14.7 Å². The van der Waals surface area contributed by atoms with Gasteiger partial charge in [0, 0.05) is 67.8 Å². The summed E-state index contributed by atoms with van der Waals surface area (Å²) in [7, 11) is 1.57. The summed E-state index contributed by atoms with van der Waals surface area (Å²) >= 11 is 0. The predicted molar refractivity (Wildman–Crippen MR) is 183 cm³/mol. The Morgan fingerprint density at radius 3 is 2.58 bits per heavy atom. The summed E-state index contributed by atoms with van der Waals surface area (Å²) in [5.74, 6) is 0.800. The Bertz CT molecular complexity index is 2270. The molecule has 1 aromatic carbocycles. The van der Waals surface area contributed by atoms with E-state index in [2.05, 4.69) is 37.1 Å². The summed E-state index contributed by atoms with van der Waals surface area (Å²) in [6, 6.07) is 17.7. The SMILES string of the molecule is C[C@H]1CN(C2COC2)CCN1c1ccc(Nc2cc(-c3ccnc(-n4ccn5c(cc6ccccc65)c4=O)c3CO)nn(C)c2=O)nc1. The molecular weight excluding hydrogens is 610 g/mol. The Morgan fingerprint density at radius 2 is 1.83 bits per heavy atom. The van der Waals surface area contributed by atoms with Crippen LogP contribution in [0.2, 0.25) is 0 Å². The topological polar surface area (TPSA) is 135 Å². The maximum atomic E-state index is 13.7. The van der Waals surface area contributed by atoms with Gasteiger partial charge < -0.3 is 24.5 Å². The lowest BCUT2D eigenvalue weighted by Gasteiger charge is -2.46. The number of hydrogen-bond acceptors (Lipinski definition) is 10. The van der Waals surface area contributed by atoms with Gasteiger partial charge in [0.1, 0.15) is 22.8 Å². The van der Waals surface area contributed by atoms with E-state index in [1.165, 1.54) is 9.25 Å². The lowest BCUT2D eigenvalue weighted by molar-refractivity contribution is -0.0691. The zero-order valence-electron chi connectivity index (χ0n) is 26.7. The molecule has 0 unspecified atom stereocenters. The third kappa shape index (κ3) is 5.12. The number of hydrogen-bond donors (Lipinski definition) is 2. The van der Waals surface area contributed by atoms with Crippen molar-refractivity contribution in [3.63, 3.8) is 0 Å². The quantitative estimate of drug-likeness (QED) is 0.267. The monoisotopic (exact) mass is 645 g/mol. The number of fused-ring (bicyclic) bond motifs is 3. The summed E-state index contributed by atoms with van der Waals surface area (Å²) in [5, 5.41) is 19.2. The molecule has 0 bridgehead atoms. The van der Waals surface area contributed by atoms with Crippen LogP contribution >= 0.6 is 0 Å². The molecule has 2 aliphatic heterocycles. The first-order valence-electron chi connectivity index (χ1n) is 16.0. The molecule has 13 nitrogen and oxygen atoms in total. The minimum Gasteiger partial charge on any atom is -0.392 e. The first-order valence-corrected chi connectivity index (χ1v) is 16.0. The van der Waals surface area contributed by atoms with E-state index in [-0.39, 0.29) is 22.6 Å². The van der Waals surface area contributed by atoms with Crippen molar-refractivity contribution in [1.82, 2.24) is 33.6 Å². The molecule has 6 aromatic rings. The number of para-hydroxylation sites is 1. The molecule has 0 aliphatic carbocycles. The van der Waals surface area contributed by atoms with Crippen LogP contribution in [0.25, 0.3) is 33.5 Å². The zero-order chi connectivity index (χ0) is 32.9. The number of nitrogens with one attached hydrogen (secondary N) is 1. The number of benzene rings is 1. The standard InChI is InChI=1S/C35H35N9O4/c1-22-18-41(25-20-48-21-25)11-12-42(22)24-7-8-32(37-17-24)38-29-16-28(39-40(2)34(29)46)26-9-10-36-33(27(26)19-45)44-14-13-43-30-6-4-3-5-23(30)15-31(43)35(44)47/h3-10,13-17,22,25,45H,11-12,18-21H2,1-2H3,(H,37,38)/t22-/m0/s1. The Hall–Kier alpha value is -5.37. The molecule has 2 aliphatic rings. The number of aliphatic hydroxyl groups excluding tert-OH is 1. The maximum absolute atomic E-state index is 13.7. The van der Waals surface area contributed by atoms with E-state index in [1.54, 1.807) is 31.6 Å². The van der Waals surface area contributed by atoms with Gasteiger partial charge in [0.05, 0.1) is 49.0 Å². The minimum absolute atomic E-state index is 0.271. The van der Waals surface area contributed by atoms with Gasteiger partial charge in [-0.3, -0.25) is 19.1 Å². The molecule has 1 atom stereocenters. The van der Waals surface area contributed by atoms with Crippen LogP contribution in [-0.4, -0.2) is 83.7 Å². The number of aliphatic hydroxyl groups is 1. The van der Waals surface area contributed by atoms with E-state index in [0.717, 1.165) is 49.4 Å². The van der Waals surface area contributed by atoms with Gasteiger partial charge in [0.15, 0.2) is 0 Å². The largest absolute Gasteiger partial charge is 0.392 e. The second kappa shape index (κ2) is 12.0. The Balaban J connectivity index is 1.09. The molecule has 5 aromatic heterocycles. The van der Waals surface area contributed by atoms with Crippen molar-refractivity contribution >= 4 is 33.6 Å². The highest BCUT2D eigenvalue weighted by molar-refractivity contribution is 5.87. The molecule has 13 heteroatoms. The van der Waals surface area contributed by atoms with Gasteiger partial charge >= 0.3 is 0 Å². The average molecular weight is 646 g/mol. The van der Waals surface area contributed by atoms with Crippen LogP contribution in [0.4, 0.5) is 17.2 Å². The van der Waals surface area contributed by atoms with Gasteiger partial charge in [0.25, 0.3) is 11.1 Å². The average Bonchev–Trinajstić information content (AvgIpc) is 3.46. The Labute approximate surface area is 275 Å². The number of anilines is 3. The van der Waals surface area contributed by atoms with E-state index in [1.807, 2.05) is 59.3 Å². The summed E-state index contributed by atoms with van der Waals surface area (Å²) in [4.78, 5) is 40.9. The predicted octanol–water partition coefficient (Wildman–Crippen LogP) is 2.94. The first kappa shape index (κ1) is 30.0. The van der Waals surface area contributed by atoms with Crippen molar-refractivity contribution < 1.29 is 9.84 Å². The normalized spacial score (nSPS) is 17.2. The van der Waals surface area contributed by atoms with Crippen LogP contribution in [0.1, 0.15) is 12.5 Å². The Kier molecular flexibility index (Phi) is 7.51. The van der Waals surface area contributed by atoms with Crippen LogP contribution in [0.15, 0.2) is 89.0 Å². The second-order valence-electron chi connectivity index (χ2n) is 12.4. The third-order valence-electron chi connectivity index (χ3n) is 9.45. The molecule has 0 spiro atoms. The van der Waals surface area contributed by atoms with Crippen LogP contribution < -0.4 is 21.3 Å². The lowest BCUT2D eigenvalue weighted by Crippen LogP contribution is -2.59. The number of ether oxygens (including phenoxy) is 1. The number of aryl methyl sites for hydroxylation is 1. The highest BCUT2D eigenvalue weighted by Crippen LogP contribution is 2.28. The highest BCUT2D eigenvalue weighted by Gasteiger charge is 2.32. The van der Waals surface area contributed by atoms with Crippen molar-refractivity contribution in [3.8, 4) is 17.1 Å². The first-order chi connectivity index (χ1) is 23.4. The lowest BCUT2D eigenvalue weighted by atomic mass is 10.1. The smallest absolute Gasteiger partial charge is 0.290 e. The van der Waals surface area contributed by atoms with E-state index in [4.69, 9.17) is 4.74 Å². The number of nitrogens with zero attached hydrogens (tertiary/aromatic N) is 8. The molecule has 0 amide bonds. The van der Waals surface area contributed by atoms with Crippen LogP contribution in [0.5, 0.6) is 0 Å². The number of pyridine rings is 2. The molecule has 2 N–H and O–H groups in total. The molecule has 0 saturated carbocycles. The van der Waals surface area contributed by atoms with Crippen molar-refractivity contribution in [1.29, 1.82) is 0 Å². The van der Waals surface area contributed by atoms with Crippen LogP contribution in [-0.2, 0) is 18.4 Å². The van der Waals surface area contributed by atoms with Crippen LogP contribution in [0.3, 0.4) is 0 Å². The third-order valence-corrected chi connectivity index (χ3v) is 9.45. The van der Waals surface area contributed by atoms with Gasteiger partial charge in [-0.1, -0.05) is 18.2 Å². The number of piperazine rings is 1. The van der Waals surface area contributed by atoms with Gasteiger partial charge in [-0.05, 0) is 43.3 Å². The van der Waals surface area contributed by atoms with E-state index >= 15 is 0 Å². The minimum atomic E-state index is -0.406. The molecule has 2 saturated heterocycles. The highest BCUT2D eigenvalue weighted by atomic mass is 16.5. The van der Waals surface area contributed by atoms with Gasteiger partial charge in [-0.25, -0.2) is 14.6 Å². The number of rotatable bonds is 7. The molecule has 48 heavy (non-hydrogen) atoms. The van der Waals surface area contributed by atoms with Crippen molar-refractivity contribution in [2.45, 2.75) is 25.6 Å². The fraction of sp³-hybridized carbons (Fsp3) is 0.286. The van der Waals surface area contributed by atoms with E-state index < -0.39 is 6.61 Å². The summed E-state index contributed by atoms with van der Waals surface area (Å²) < 4.78 is 9.89.